The number of aromatic nitrogens is 1. The van der Waals surface area contributed by atoms with Crippen LogP contribution in [0, 0.1) is 0 Å². The van der Waals surface area contributed by atoms with Gasteiger partial charge in [-0.25, -0.2) is 4.79 Å². The zero-order chi connectivity index (χ0) is 15.9. The average Bonchev–Trinajstić information content (AvgIpc) is 2.63. The highest BCUT2D eigenvalue weighted by Crippen LogP contribution is 2.19. The fourth-order valence-corrected chi connectivity index (χ4v) is 2.00. The molecule has 2 aromatic carbocycles. The molecular weight excluding hydrogens is 290 g/mol. The molecule has 0 aliphatic rings. The Bertz CT molecular complexity index is 756. The SMILES string of the molecule is O=C(Oc1ccc(OCc2ccccc2)cc1)c1ccncc1. The van der Waals surface area contributed by atoms with Gasteiger partial charge in [0.05, 0.1) is 5.56 Å². The van der Waals surface area contributed by atoms with E-state index in [0.717, 1.165) is 11.3 Å². The maximum Gasteiger partial charge on any atom is 0.343 e. The maximum atomic E-state index is 11.9. The minimum atomic E-state index is -0.412. The highest BCUT2D eigenvalue weighted by molar-refractivity contribution is 5.90. The first-order valence-electron chi connectivity index (χ1n) is 7.20. The van der Waals surface area contributed by atoms with Crippen LogP contribution >= 0.6 is 0 Å². The highest BCUT2D eigenvalue weighted by atomic mass is 16.5. The molecule has 3 aromatic rings. The second-order valence-corrected chi connectivity index (χ2v) is 4.87. The van der Waals surface area contributed by atoms with Crippen LogP contribution < -0.4 is 9.47 Å². The monoisotopic (exact) mass is 305 g/mol. The molecule has 0 unspecified atom stereocenters. The molecule has 0 fully saturated rings. The summed E-state index contributed by atoms with van der Waals surface area (Å²) in [5.41, 5.74) is 1.56. The molecule has 0 bridgehead atoms. The molecule has 4 heteroatoms. The zero-order valence-corrected chi connectivity index (χ0v) is 12.4. The summed E-state index contributed by atoms with van der Waals surface area (Å²) in [7, 11) is 0. The minimum absolute atomic E-state index is 0.412. The third-order valence-corrected chi connectivity index (χ3v) is 3.20. The quantitative estimate of drug-likeness (QED) is 0.530. The van der Waals surface area contributed by atoms with Gasteiger partial charge in [0.25, 0.3) is 0 Å². The molecule has 0 spiro atoms. The molecule has 0 radical (unpaired) electrons. The van der Waals surface area contributed by atoms with Crippen LogP contribution in [0.5, 0.6) is 11.5 Å². The van der Waals surface area contributed by atoms with Crippen molar-refractivity contribution in [1.29, 1.82) is 0 Å². The molecule has 3 rings (SSSR count). The van der Waals surface area contributed by atoms with E-state index in [-0.39, 0.29) is 0 Å². The van der Waals surface area contributed by atoms with Crippen LogP contribution in [0.4, 0.5) is 0 Å². The van der Waals surface area contributed by atoms with Crippen molar-refractivity contribution in [2.75, 3.05) is 0 Å². The molecular formula is C19H15NO3. The lowest BCUT2D eigenvalue weighted by Gasteiger charge is -2.08. The lowest BCUT2D eigenvalue weighted by molar-refractivity contribution is 0.0734. The predicted octanol–water partition coefficient (Wildman–Crippen LogP) is 3.88. The molecule has 23 heavy (non-hydrogen) atoms. The molecule has 0 atom stereocenters. The average molecular weight is 305 g/mol. The molecule has 0 amide bonds. The van der Waals surface area contributed by atoms with E-state index >= 15 is 0 Å². The number of nitrogens with zero attached hydrogens (tertiary/aromatic N) is 1. The summed E-state index contributed by atoms with van der Waals surface area (Å²) in [5.74, 6) is 0.779. The van der Waals surface area contributed by atoms with Crippen molar-refractivity contribution in [1.82, 2.24) is 4.98 Å². The van der Waals surface area contributed by atoms with E-state index < -0.39 is 5.97 Å². The molecule has 0 aliphatic carbocycles. The van der Waals surface area contributed by atoms with Crippen LogP contribution in [0.15, 0.2) is 79.1 Å². The van der Waals surface area contributed by atoms with Gasteiger partial charge in [0, 0.05) is 12.4 Å². The Kier molecular flexibility index (Phi) is 4.64. The van der Waals surface area contributed by atoms with Gasteiger partial charge in [-0.1, -0.05) is 30.3 Å². The van der Waals surface area contributed by atoms with Crippen LogP contribution in [-0.4, -0.2) is 11.0 Å². The van der Waals surface area contributed by atoms with Crippen molar-refractivity contribution in [2.45, 2.75) is 6.61 Å². The largest absolute Gasteiger partial charge is 0.489 e. The second-order valence-electron chi connectivity index (χ2n) is 4.87. The van der Waals surface area contributed by atoms with Crippen LogP contribution in [0.25, 0.3) is 0 Å². The predicted molar refractivity (Wildman–Crippen MR) is 86.4 cm³/mol. The third-order valence-electron chi connectivity index (χ3n) is 3.20. The molecule has 0 saturated heterocycles. The van der Waals surface area contributed by atoms with E-state index in [1.54, 1.807) is 48.8 Å². The summed E-state index contributed by atoms with van der Waals surface area (Å²) in [6.45, 7) is 0.497. The Morgan fingerprint density at radius 1 is 0.826 bits per heavy atom. The van der Waals surface area contributed by atoms with Crippen LogP contribution in [0.2, 0.25) is 0 Å². The Morgan fingerprint density at radius 3 is 2.17 bits per heavy atom. The molecule has 0 aliphatic heterocycles. The number of ether oxygens (including phenoxy) is 2. The van der Waals surface area contributed by atoms with Gasteiger partial charge in [0.15, 0.2) is 0 Å². The summed E-state index contributed by atoms with van der Waals surface area (Å²) in [6.07, 6.45) is 3.11. The van der Waals surface area contributed by atoms with E-state index in [0.29, 0.717) is 17.9 Å². The van der Waals surface area contributed by atoms with E-state index in [2.05, 4.69) is 4.98 Å². The number of rotatable bonds is 5. The molecule has 114 valence electrons. The van der Waals surface area contributed by atoms with Crippen molar-refractivity contribution in [3.63, 3.8) is 0 Å². The van der Waals surface area contributed by atoms with Gasteiger partial charge in [-0.05, 0) is 42.0 Å². The summed E-state index contributed by atoms with van der Waals surface area (Å²) >= 11 is 0. The standard InChI is InChI=1S/C19H15NO3/c21-19(16-10-12-20-13-11-16)23-18-8-6-17(7-9-18)22-14-15-4-2-1-3-5-15/h1-13H,14H2. The minimum Gasteiger partial charge on any atom is -0.489 e. The van der Waals surface area contributed by atoms with Crippen molar-refractivity contribution in [2.24, 2.45) is 0 Å². The van der Waals surface area contributed by atoms with Gasteiger partial charge >= 0.3 is 5.97 Å². The summed E-state index contributed by atoms with van der Waals surface area (Å²) < 4.78 is 11.0. The van der Waals surface area contributed by atoms with Gasteiger partial charge in [-0.15, -0.1) is 0 Å². The topological polar surface area (TPSA) is 48.4 Å². The van der Waals surface area contributed by atoms with Crippen LogP contribution in [-0.2, 0) is 6.61 Å². The summed E-state index contributed by atoms with van der Waals surface area (Å²) in [5, 5.41) is 0. The van der Waals surface area contributed by atoms with Gasteiger partial charge in [-0.3, -0.25) is 4.98 Å². The van der Waals surface area contributed by atoms with Gasteiger partial charge < -0.3 is 9.47 Å². The first kappa shape index (κ1) is 14.8. The number of benzene rings is 2. The van der Waals surface area contributed by atoms with Crippen LogP contribution in [0.3, 0.4) is 0 Å². The maximum absolute atomic E-state index is 11.9. The Balaban J connectivity index is 1.58. The summed E-state index contributed by atoms with van der Waals surface area (Å²) in [6, 6.07) is 20.1. The van der Waals surface area contributed by atoms with E-state index in [1.807, 2.05) is 30.3 Å². The highest BCUT2D eigenvalue weighted by Gasteiger charge is 2.07. The van der Waals surface area contributed by atoms with Crippen LogP contribution in [0.1, 0.15) is 15.9 Å². The Morgan fingerprint density at radius 2 is 1.48 bits per heavy atom. The fraction of sp³-hybridized carbons (Fsp3) is 0.0526. The smallest absolute Gasteiger partial charge is 0.343 e. The Hall–Kier alpha value is -3.14. The number of esters is 1. The lowest BCUT2D eigenvalue weighted by Crippen LogP contribution is -2.08. The third kappa shape index (κ3) is 4.17. The lowest BCUT2D eigenvalue weighted by atomic mass is 10.2. The van der Waals surface area contributed by atoms with Gasteiger partial charge in [0.1, 0.15) is 18.1 Å². The first-order valence-corrected chi connectivity index (χ1v) is 7.20. The number of pyridine rings is 1. The number of hydrogen-bond donors (Lipinski definition) is 0. The van der Waals surface area contributed by atoms with E-state index in [4.69, 9.17) is 9.47 Å². The molecule has 1 heterocycles. The van der Waals surface area contributed by atoms with Crippen molar-refractivity contribution >= 4 is 5.97 Å². The number of hydrogen-bond acceptors (Lipinski definition) is 4. The second kappa shape index (κ2) is 7.22. The molecule has 4 nitrogen and oxygen atoms in total. The summed E-state index contributed by atoms with van der Waals surface area (Å²) in [4.78, 5) is 15.8. The van der Waals surface area contributed by atoms with E-state index in [9.17, 15) is 4.79 Å². The first-order chi connectivity index (χ1) is 11.3. The molecule has 0 saturated carbocycles. The number of carbonyl (C=O) groups excluding carboxylic acids is 1. The number of carbonyl (C=O) groups is 1. The zero-order valence-electron chi connectivity index (χ0n) is 12.4. The van der Waals surface area contributed by atoms with Crippen molar-refractivity contribution < 1.29 is 14.3 Å². The van der Waals surface area contributed by atoms with E-state index in [1.165, 1.54) is 0 Å². The van der Waals surface area contributed by atoms with Gasteiger partial charge in [-0.2, -0.15) is 0 Å². The molecule has 0 N–H and O–H groups in total. The fourth-order valence-electron chi connectivity index (χ4n) is 2.00. The Labute approximate surface area is 134 Å². The normalized spacial score (nSPS) is 10.1. The van der Waals surface area contributed by atoms with Crippen molar-refractivity contribution in [3.05, 3.63) is 90.3 Å². The van der Waals surface area contributed by atoms with Gasteiger partial charge in [0.2, 0.25) is 0 Å². The van der Waals surface area contributed by atoms with Crippen molar-refractivity contribution in [3.8, 4) is 11.5 Å². The molecule has 1 aromatic heterocycles.